The Bertz CT molecular complexity index is 1130. The quantitative estimate of drug-likeness (QED) is 0.612. The maximum absolute atomic E-state index is 12.1. The third-order valence-corrected chi connectivity index (χ3v) is 5.71. The highest BCUT2D eigenvalue weighted by Gasteiger charge is 2.24. The van der Waals surface area contributed by atoms with Crippen molar-refractivity contribution >= 4 is 11.0 Å². The monoisotopic (exact) mass is 410 g/mol. The van der Waals surface area contributed by atoms with Gasteiger partial charge < -0.3 is 23.9 Å². The summed E-state index contributed by atoms with van der Waals surface area (Å²) in [5.74, 6) is 1.73. The van der Waals surface area contributed by atoms with Crippen molar-refractivity contribution in [3.8, 4) is 17.2 Å². The minimum atomic E-state index is -0.386. The lowest BCUT2D eigenvalue weighted by atomic mass is 9.98. The fourth-order valence-corrected chi connectivity index (χ4v) is 4.23. The van der Waals surface area contributed by atoms with E-state index >= 15 is 0 Å². The Labute approximate surface area is 175 Å². The predicted molar refractivity (Wildman–Crippen MR) is 115 cm³/mol. The molecule has 0 saturated carbocycles. The van der Waals surface area contributed by atoms with E-state index in [1.165, 1.54) is 16.0 Å². The first-order valence-corrected chi connectivity index (χ1v) is 10.5. The van der Waals surface area contributed by atoms with Crippen LogP contribution in [0.3, 0.4) is 0 Å². The molecule has 1 aromatic heterocycles. The van der Waals surface area contributed by atoms with Crippen molar-refractivity contribution in [3.63, 3.8) is 0 Å². The lowest BCUT2D eigenvalue weighted by molar-refractivity contribution is -0.929. The van der Waals surface area contributed by atoms with Crippen LogP contribution < -0.4 is 20.0 Å². The van der Waals surface area contributed by atoms with E-state index in [1.807, 2.05) is 19.9 Å². The Morgan fingerprint density at radius 3 is 2.47 bits per heavy atom. The van der Waals surface area contributed by atoms with E-state index in [1.54, 1.807) is 19.1 Å². The second-order valence-electron chi connectivity index (χ2n) is 7.71. The molecule has 0 aliphatic carbocycles. The summed E-state index contributed by atoms with van der Waals surface area (Å²) in [5, 5.41) is 10.9. The fourth-order valence-electron chi connectivity index (χ4n) is 4.23. The molecule has 2 heterocycles. The average Bonchev–Trinajstić information content (AvgIpc) is 2.72. The molecule has 0 saturated heterocycles. The molecule has 2 N–H and O–H groups in total. The van der Waals surface area contributed by atoms with Crippen molar-refractivity contribution in [3.05, 3.63) is 63.0 Å². The molecule has 30 heavy (non-hydrogen) atoms. The van der Waals surface area contributed by atoms with Crippen LogP contribution in [0.4, 0.5) is 0 Å². The number of aryl methyl sites for hydroxylation is 1. The molecule has 0 bridgehead atoms. The van der Waals surface area contributed by atoms with Crippen LogP contribution in [0.2, 0.25) is 0 Å². The van der Waals surface area contributed by atoms with Gasteiger partial charge in [-0.2, -0.15) is 0 Å². The van der Waals surface area contributed by atoms with Gasteiger partial charge in [0.1, 0.15) is 24.4 Å². The molecule has 6 heteroatoms. The summed E-state index contributed by atoms with van der Waals surface area (Å²) < 4.78 is 16.9. The van der Waals surface area contributed by atoms with Crippen LogP contribution in [0.15, 0.2) is 39.5 Å². The number of fused-ring (bicyclic) bond motifs is 2. The number of ether oxygens (including phenoxy) is 2. The first kappa shape index (κ1) is 20.3. The van der Waals surface area contributed by atoms with Gasteiger partial charge in [-0.3, -0.25) is 0 Å². The van der Waals surface area contributed by atoms with Gasteiger partial charge in [-0.25, -0.2) is 4.79 Å². The van der Waals surface area contributed by atoms with Crippen molar-refractivity contribution in [2.24, 2.45) is 0 Å². The minimum Gasteiger partial charge on any atom is -0.508 e. The zero-order chi connectivity index (χ0) is 21.3. The van der Waals surface area contributed by atoms with E-state index in [-0.39, 0.29) is 11.4 Å². The smallest absolute Gasteiger partial charge is 0.336 e. The number of phenols is 1. The maximum atomic E-state index is 12.1. The molecule has 0 spiro atoms. The summed E-state index contributed by atoms with van der Waals surface area (Å²) in [5.41, 5.74) is 4.17. The molecule has 158 valence electrons. The molecule has 1 unspecified atom stereocenters. The Balaban J connectivity index is 1.64. The summed E-state index contributed by atoms with van der Waals surface area (Å²) in [6.07, 6.45) is 0.941. The first-order chi connectivity index (χ1) is 14.5. The van der Waals surface area contributed by atoms with Gasteiger partial charge in [0.05, 0.1) is 19.8 Å². The second kappa shape index (κ2) is 8.40. The van der Waals surface area contributed by atoms with Crippen LogP contribution in [-0.4, -0.2) is 24.9 Å². The number of aromatic hydroxyl groups is 1. The molecular formula is C24H28NO5+. The van der Waals surface area contributed by atoms with Crippen LogP contribution in [0.25, 0.3) is 11.0 Å². The topological polar surface area (TPSA) is 73.3 Å². The first-order valence-electron chi connectivity index (χ1n) is 10.5. The number of nitrogens with one attached hydrogen (secondary N) is 1. The number of hydrogen-bond acceptors (Lipinski definition) is 5. The molecule has 6 nitrogen and oxygen atoms in total. The zero-order valence-corrected chi connectivity index (χ0v) is 17.7. The largest absolute Gasteiger partial charge is 0.508 e. The third-order valence-electron chi connectivity index (χ3n) is 5.71. The van der Waals surface area contributed by atoms with Crippen molar-refractivity contribution < 1.29 is 23.9 Å². The Kier molecular flexibility index (Phi) is 5.68. The van der Waals surface area contributed by atoms with Crippen LogP contribution in [-0.2, 0) is 19.5 Å². The SMILES string of the molecule is CCOc1cc2c(cc1OCC)C[NH+](Cc1cc(=O)oc3c(C)c(O)ccc13)CC2. The van der Waals surface area contributed by atoms with E-state index < -0.39 is 0 Å². The molecule has 2 aromatic carbocycles. The van der Waals surface area contributed by atoms with E-state index in [4.69, 9.17) is 13.9 Å². The summed E-state index contributed by atoms with van der Waals surface area (Å²) in [6, 6.07) is 9.27. The lowest BCUT2D eigenvalue weighted by Gasteiger charge is -2.27. The van der Waals surface area contributed by atoms with Crippen LogP contribution in [0, 0.1) is 6.92 Å². The van der Waals surface area contributed by atoms with E-state index in [2.05, 4.69) is 12.1 Å². The van der Waals surface area contributed by atoms with E-state index in [0.29, 0.717) is 30.9 Å². The number of benzene rings is 2. The van der Waals surface area contributed by atoms with Crippen molar-refractivity contribution in [1.82, 2.24) is 0 Å². The summed E-state index contributed by atoms with van der Waals surface area (Å²) in [4.78, 5) is 13.5. The highest BCUT2D eigenvalue weighted by molar-refractivity contribution is 5.84. The summed E-state index contributed by atoms with van der Waals surface area (Å²) in [7, 11) is 0. The van der Waals surface area contributed by atoms with Crippen molar-refractivity contribution in [2.75, 3.05) is 19.8 Å². The molecule has 1 atom stereocenters. The summed E-state index contributed by atoms with van der Waals surface area (Å²) >= 11 is 0. The van der Waals surface area contributed by atoms with Crippen LogP contribution >= 0.6 is 0 Å². The van der Waals surface area contributed by atoms with Gasteiger partial charge in [0.15, 0.2) is 11.5 Å². The van der Waals surface area contributed by atoms with Crippen LogP contribution in [0.1, 0.15) is 36.1 Å². The standard InChI is InChI=1S/C24H27NO5/c1-4-28-21-10-16-8-9-25(13-17(16)11-22(21)29-5-2)14-18-12-23(27)30-24-15(3)20(26)7-6-19(18)24/h6-7,10-12,26H,4-5,8-9,13-14H2,1-3H3/p+1. The highest BCUT2D eigenvalue weighted by atomic mass is 16.5. The molecule has 3 aromatic rings. The Hall–Kier alpha value is -2.99. The predicted octanol–water partition coefficient (Wildman–Crippen LogP) is 2.75. The van der Waals surface area contributed by atoms with Gasteiger partial charge in [-0.1, -0.05) is 0 Å². The van der Waals surface area contributed by atoms with Crippen LogP contribution in [0.5, 0.6) is 17.2 Å². The zero-order valence-electron chi connectivity index (χ0n) is 17.7. The van der Waals surface area contributed by atoms with E-state index in [9.17, 15) is 9.90 Å². The molecule has 0 amide bonds. The highest BCUT2D eigenvalue weighted by Crippen LogP contribution is 2.32. The Morgan fingerprint density at radius 1 is 1.07 bits per heavy atom. The van der Waals surface area contributed by atoms with Gasteiger partial charge in [0, 0.05) is 34.6 Å². The van der Waals surface area contributed by atoms with E-state index in [0.717, 1.165) is 42.0 Å². The fraction of sp³-hybridized carbons (Fsp3) is 0.375. The number of hydrogen-bond donors (Lipinski definition) is 2. The summed E-state index contributed by atoms with van der Waals surface area (Å²) in [6.45, 7) is 9.43. The van der Waals surface area contributed by atoms with Crippen molar-refractivity contribution in [2.45, 2.75) is 40.3 Å². The van der Waals surface area contributed by atoms with Crippen molar-refractivity contribution in [1.29, 1.82) is 0 Å². The molecule has 0 fully saturated rings. The molecule has 4 rings (SSSR count). The average molecular weight is 410 g/mol. The van der Waals surface area contributed by atoms with Gasteiger partial charge in [-0.05, 0) is 50.6 Å². The second-order valence-corrected chi connectivity index (χ2v) is 7.71. The Morgan fingerprint density at radius 2 is 1.77 bits per heavy atom. The van der Waals surface area contributed by atoms with Gasteiger partial charge in [0.2, 0.25) is 0 Å². The third kappa shape index (κ3) is 3.87. The molecule has 1 aliphatic rings. The lowest BCUT2D eigenvalue weighted by Crippen LogP contribution is -3.10. The molecule has 0 radical (unpaired) electrons. The van der Waals surface area contributed by atoms with Gasteiger partial charge in [0.25, 0.3) is 0 Å². The number of rotatable bonds is 6. The molecular weight excluding hydrogens is 382 g/mol. The minimum absolute atomic E-state index is 0.135. The maximum Gasteiger partial charge on any atom is 0.336 e. The normalized spacial score (nSPS) is 15.8. The molecule has 1 aliphatic heterocycles. The van der Waals surface area contributed by atoms with Gasteiger partial charge in [-0.15, -0.1) is 0 Å². The number of phenolic OH excluding ortho intramolecular Hbond substituents is 1. The number of quaternary nitrogens is 1. The van der Waals surface area contributed by atoms with Gasteiger partial charge >= 0.3 is 5.63 Å².